The maximum absolute atomic E-state index is 12.3. The fourth-order valence-electron chi connectivity index (χ4n) is 2.30. The second kappa shape index (κ2) is 6.56. The molecule has 2 rings (SSSR count). The van der Waals surface area contributed by atoms with Gasteiger partial charge in [-0.05, 0) is 25.5 Å². The number of alkyl carbamates (subject to hydrolysis) is 1. The number of ether oxygens (including phenoxy) is 1. The van der Waals surface area contributed by atoms with Crippen LogP contribution in [0.2, 0.25) is 4.34 Å². The Kier molecular flexibility index (Phi) is 5.01. The van der Waals surface area contributed by atoms with Crippen molar-refractivity contribution < 1.29 is 14.3 Å². The molecule has 2 heterocycles. The molecular formula is C13H17ClN2O3S. The van der Waals surface area contributed by atoms with E-state index in [9.17, 15) is 9.59 Å². The molecule has 0 radical (unpaired) electrons. The first kappa shape index (κ1) is 15.3. The van der Waals surface area contributed by atoms with Crippen LogP contribution in [-0.2, 0) is 4.74 Å². The van der Waals surface area contributed by atoms with Gasteiger partial charge in [-0.15, -0.1) is 11.3 Å². The average molecular weight is 317 g/mol. The number of methoxy groups -OCH3 is 1. The number of amides is 1. The van der Waals surface area contributed by atoms with E-state index in [1.807, 2.05) is 6.92 Å². The van der Waals surface area contributed by atoms with Crippen molar-refractivity contribution in [2.75, 3.05) is 20.2 Å². The van der Waals surface area contributed by atoms with Crippen LogP contribution in [0, 0.1) is 0 Å². The number of halogens is 1. The number of hydrogen-bond donors (Lipinski definition) is 1. The Morgan fingerprint density at radius 3 is 2.90 bits per heavy atom. The zero-order chi connectivity index (χ0) is 14.7. The molecule has 0 bridgehead atoms. The van der Waals surface area contributed by atoms with Gasteiger partial charge in [0, 0.05) is 19.1 Å². The number of nitrogens with one attached hydrogen (secondary N) is 1. The van der Waals surface area contributed by atoms with Gasteiger partial charge in [-0.1, -0.05) is 11.6 Å². The van der Waals surface area contributed by atoms with E-state index in [4.69, 9.17) is 11.6 Å². The smallest absolute Gasteiger partial charge is 0.407 e. The Labute approximate surface area is 126 Å². The molecule has 1 aromatic heterocycles. The largest absolute Gasteiger partial charge is 0.453 e. The Hall–Kier alpha value is -1.11. The van der Waals surface area contributed by atoms with Gasteiger partial charge in [0.25, 0.3) is 0 Å². The van der Waals surface area contributed by atoms with E-state index >= 15 is 0 Å². The molecule has 2 atom stereocenters. The van der Waals surface area contributed by atoms with Gasteiger partial charge in [-0.25, -0.2) is 4.79 Å². The van der Waals surface area contributed by atoms with Crippen LogP contribution in [0.15, 0.2) is 12.1 Å². The van der Waals surface area contributed by atoms with Gasteiger partial charge in [0.05, 0.1) is 22.4 Å². The van der Waals surface area contributed by atoms with Crippen LogP contribution in [0.25, 0.3) is 0 Å². The molecule has 1 aromatic rings. The summed E-state index contributed by atoms with van der Waals surface area (Å²) < 4.78 is 5.20. The third-order valence-electron chi connectivity index (χ3n) is 3.47. The summed E-state index contributed by atoms with van der Waals surface area (Å²) in [6.45, 7) is 3.32. The summed E-state index contributed by atoms with van der Waals surface area (Å²) >= 11 is 7.15. The first-order valence-corrected chi connectivity index (χ1v) is 7.58. The van der Waals surface area contributed by atoms with Crippen LogP contribution in [0.5, 0.6) is 0 Å². The minimum Gasteiger partial charge on any atom is -0.453 e. The fourth-order valence-corrected chi connectivity index (χ4v) is 3.37. The SMILES string of the molecule is COC(=O)NC1CCN(C(C)C(=O)c2ccc(Cl)s2)C1. The molecule has 1 aliphatic heterocycles. The summed E-state index contributed by atoms with van der Waals surface area (Å²) in [5.41, 5.74) is 0. The molecule has 110 valence electrons. The number of nitrogens with zero attached hydrogens (tertiary/aromatic N) is 1. The van der Waals surface area contributed by atoms with E-state index in [1.165, 1.54) is 18.4 Å². The highest BCUT2D eigenvalue weighted by molar-refractivity contribution is 7.18. The zero-order valence-electron chi connectivity index (χ0n) is 11.4. The Balaban J connectivity index is 1.92. The van der Waals surface area contributed by atoms with E-state index < -0.39 is 6.09 Å². The van der Waals surface area contributed by atoms with Crippen molar-refractivity contribution in [3.63, 3.8) is 0 Å². The molecule has 2 unspecified atom stereocenters. The second-order valence-electron chi connectivity index (χ2n) is 4.76. The van der Waals surface area contributed by atoms with Gasteiger partial charge < -0.3 is 10.1 Å². The van der Waals surface area contributed by atoms with Crippen molar-refractivity contribution in [2.45, 2.75) is 25.4 Å². The van der Waals surface area contributed by atoms with Gasteiger partial charge in [0.1, 0.15) is 0 Å². The molecule has 20 heavy (non-hydrogen) atoms. The van der Waals surface area contributed by atoms with Crippen molar-refractivity contribution >= 4 is 34.8 Å². The molecule has 1 amide bonds. The lowest BCUT2D eigenvalue weighted by Crippen LogP contribution is -2.41. The van der Waals surface area contributed by atoms with Crippen LogP contribution < -0.4 is 5.32 Å². The summed E-state index contributed by atoms with van der Waals surface area (Å²) in [6, 6.07) is 3.31. The number of ketones is 1. The molecule has 0 saturated carbocycles. The van der Waals surface area contributed by atoms with E-state index in [1.54, 1.807) is 12.1 Å². The van der Waals surface area contributed by atoms with Crippen molar-refractivity contribution in [3.05, 3.63) is 21.3 Å². The summed E-state index contributed by atoms with van der Waals surface area (Å²) in [7, 11) is 1.34. The van der Waals surface area contributed by atoms with Crippen LogP contribution in [0.1, 0.15) is 23.0 Å². The molecule has 1 aliphatic rings. The summed E-state index contributed by atoms with van der Waals surface area (Å²) in [6.07, 6.45) is 0.388. The molecule has 0 spiro atoms. The van der Waals surface area contributed by atoms with Crippen LogP contribution in [-0.4, -0.2) is 49.1 Å². The third kappa shape index (κ3) is 3.50. The van der Waals surface area contributed by atoms with Crippen molar-refractivity contribution in [2.24, 2.45) is 0 Å². The standard InChI is InChI=1S/C13H17ClN2O3S/c1-8(12(17)10-3-4-11(14)20-10)16-6-5-9(7-16)15-13(18)19-2/h3-4,8-9H,5-7H2,1-2H3,(H,15,18). The fraction of sp³-hybridized carbons (Fsp3) is 0.538. The van der Waals surface area contributed by atoms with Crippen molar-refractivity contribution in [1.29, 1.82) is 0 Å². The lowest BCUT2D eigenvalue weighted by atomic mass is 10.1. The molecule has 7 heteroatoms. The number of hydrogen-bond acceptors (Lipinski definition) is 5. The molecule has 0 aliphatic carbocycles. The Morgan fingerprint density at radius 1 is 1.55 bits per heavy atom. The summed E-state index contributed by atoms with van der Waals surface area (Å²) in [4.78, 5) is 26.2. The quantitative estimate of drug-likeness (QED) is 0.867. The number of likely N-dealkylation sites (tertiary alicyclic amines) is 1. The maximum atomic E-state index is 12.3. The predicted octanol–water partition coefficient (Wildman–Crippen LogP) is 2.40. The minimum atomic E-state index is -0.430. The topological polar surface area (TPSA) is 58.6 Å². The lowest BCUT2D eigenvalue weighted by molar-refractivity contribution is 0.0869. The number of Topliss-reactive ketones (excluding diaryl/α,β-unsaturated/α-hetero) is 1. The summed E-state index contributed by atoms with van der Waals surface area (Å²) in [5.74, 6) is 0.0700. The van der Waals surface area contributed by atoms with Gasteiger partial charge in [-0.2, -0.15) is 0 Å². The predicted molar refractivity (Wildman–Crippen MR) is 78.6 cm³/mol. The Morgan fingerprint density at radius 2 is 2.30 bits per heavy atom. The maximum Gasteiger partial charge on any atom is 0.407 e. The minimum absolute atomic E-state index is 0.0321. The monoisotopic (exact) mass is 316 g/mol. The first-order chi connectivity index (χ1) is 9.51. The molecule has 1 fully saturated rings. The van der Waals surface area contributed by atoms with E-state index in [-0.39, 0.29) is 17.9 Å². The average Bonchev–Trinajstić information content (AvgIpc) is 3.06. The van der Waals surface area contributed by atoms with Crippen LogP contribution in [0.4, 0.5) is 4.79 Å². The molecular weight excluding hydrogens is 300 g/mol. The highest BCUT2D eigenvalue weighted by Crippen LogP contribution is 2.24. The number of carbonyl (C=O) groups is 2. The van der Waals surface area contributed by atoms with E-state index in [2.05, 4.69) is 15.0 Å². The normalized spacial score (nSPS) is 20.6. The molecule has 1 saturated heterocycles. The van der Waals surface area contributed by atoms with Gasteiger partial charge in [0.15, 0.2) is 5.78 Å². The second-order valence-corrected chi connectivity index (χ2v) is 6.48. The zero-order valence-corrected chi connectivity index (χ0v) is 13.0. The molecule has 5 nitrogen and oxygen atoms in total. The van der Waals surface area contributed by atoms with Crippen molar-refractivity contribution in [1.82, 2.24) is 10.2 Å². The Bertz CT molecular complexity index is 506. The van der Waals surface area contributed by atoms with Crippen molar-refractivity contribution in [3.8, 4) is 0 Å². The van der Waals surface area contributed by atoms with Gasteiger partial charge in [0.2, 0.25) is 0 Å². The highest BCUT2D eigenvalue weighted by atomic mass is 35.5. The molecule has 1 N–H and O–H groups in total. The van der Waals surface area contributed by atoms with E-state index in [0.29, 0.717) is 15.8 Å². The van der Waals surface area contributed by atoms with Gasteiger partial charge >= 0.3 is 6.09 Å². The number of rotatable bonds is 4. The molecule has 0 aromatic carbocycles. The van der Waals surface area contributed by atoms with Crippen LogP contribution in [0.3, 0.4) is 0 Å². The van der Waals surface area contributed by atoms with Crippen LogP contribution >= 0.6 is 22.9 Å². The summed E-state index contributed by atoms with van der Waals surface area (Å²) in [5, 5.41) is 2.76. The highest BCUT2D eigenvalue weighted by Gasteiger charge is 2.31. The lowest BCUT2D eigenvalue weighted by Gasteiger charge is -2.22. The number of carbonyl (C=O) groups excluding carboxylic acids is 2. The third-order valence-corrected chi connectivity index (χ3v) is 4.72. The number of thiophene rings is 1. The van der Waals surface area contributed by atoms with Gasteiger partial charge in [-0.3, -0.25) is 9.69 Å². The first-order valence-electron chi connectivity index (χ1n) is 6.39. The van der Waals surface area contributed by atoms with E-state index in [0.717, 1.165) is 13.0 Å².